The first-order chi connectivity index (χ1) is 9.40. The van der Waals surface area contributed by atoms with E-state index in [2.05, 4.69) is 0 Å². The molecule has 0 radical (unpaired) electrons. The summed E-state index contributed by atoms with van der Waals surface area (Å²) >= 11 is 0. The molecular weight excluding hydrogens is 269 g/mol. The Balaban J connectivity index is 2.36. The first-order valence-electron chi connectivity index (χ1n) is 5.55. The molecule has 0 unspecified atom stereocenters. The van der Waals surface area contributed by atoms with Gasteiger partial charge in [-0.2, -0.15) is 18.4 Å². The number of nitriles is 1. The summed E-state index contributed by atoms with van der Waals surface area (Å²) in [6.45, 7) is 0. The standard InChI is InChI=1S/C14H9F3N2O/c15-14(16,17)10-4-5-13(9(6-10)8-18)20-12-3-1-2-11(19)7-12/h1-7H,19H2. The van der Waals surface area contributed by atoms with Gasteiger partial charge >= 0.3 is 6.18 Å². The third kappa shape index (κ3) is 3.01. The molecule has 3 nitrogen and oxygen atoms in total. The van der Waals surface area contributed by atoms with Gasteiger partial charge in [-0.3, -0.25) is 0 Å². The van der Waals surface area contributed by atoms with Crippen molar-refractivity contribution in [1.29, 1.82) is 5.26 Å². The number of alkyl halides is 3. The van der Waals surface area contributed by atoms with E-state index in [1.54, 1.807) is 24.3 Å². The van der Waals surface area contributed by atoms with Crippen molar-refractivity contribution in [2.24, 2.45) is 0 Å². The fourth-order valence-electron chi connectivity index (χ4n) is 1.59. The Bertz CT molecular complexity index is 675. The van der Waals surface area contributed by atoms with Crippen LogP contribution in [0.15, 0.2) is 42.5 Å². The molecule has 0 bridgehead atoms. The van der Waals surface area contributed by atoms with Gasteiger partial charge in [0.1, 0.15) is 17.6 Å². The Morgan fingerprint density at radius 3 is 2.45 bits per heavy atom. The molecule has 2 N–H and O–H groups in total. The normalized spacial score (nSPS) is 10.9. The monoisotopic (exact) mass is 278 g/mol. The maximum absolute atomic E-state index is 12.5. The van der Waals surface area contributed by atoms with Gasteiger partial charge in [-0.15, -0.1) is 0 Å². The molecule has 0 atom stereocenters. The van der Waals surface area contributed by atoms with Crippen molar-refractivity contribution in [2.75, 3.05) is 5.73 Å². The van der Waals surface area contributed by atoms with Crippen LogP contribution in [-0.4, -0.2) is 0 Å². The number of nitrogens with zero attached hydrogens (tertiary/aromatic N) is 1. The molecule has 0 amide bonds. The van der Waals surface area contributed by atoms with E-state index in [-0.39, 0.29) is 11.3 Å². The van der Waals surface area contributed by atoms with Crippen LogP contribution in [0.25, 0.3) is 0 Å². The van der Waals surface area contributed by atoms with Gasteiger partial charge in [0, 0.05) is 11.8 Å². The lowest BCUT2D eigenvalue weighted by Crippen LogP contribution is -2.05. The summed E-state index contributed by atoms with van der Waals surface area (Å²) in [5.74, 6) is 0.396. The molecule has 0 heterocycles. The molecule has 0 spiro atoms. The van der Waals surface area contributed by atoms with Gasteiger partial charge in [0.2, 0.25) is 0 Å². The highest BCUT2D eigenvalue weighted by atomic mass is 19.4. The molecule has 2 aromatic carbocycles. The van der Waals surface area contributed by atoms with Crippen LogP contribution >= 0.6 is 0 Å². The van der Waals surface area contributed by atoms with E-state index < -0.39 is 11.7 Å². The maximum Gasteiger partial charge on any atom is 0.416 e. The van der Waals surface area contributed by atoms with Crippen LogP contribution in [0.5, 0.6) is 11.5 Å². The lowest BCUT2D eigenvalue weighted by atomic mass is 10.1. The third-order valence-electron chi connectivity index (χ3n) is 2.51. The van der Waals surface area contributed by atoms with E-state index in [0.717, 1.165) is 18.2 Å². The average Bonchev–Trinajstić information content (AvgIpc) is 2.38. The van der Waals surface area contributed by atoms with Crippen LogP contribution in [0.3, 0.4) is 0 Å². The highest BCUT2D eigenvalue weighted by Gasteiger charge is 2.31. The summed E-state index contributed by atoms with van der Waals surface area (Å²) in [5, 5.41) is 8.92. The van der Waals surface area contributed by atoms with Crippen LogP contribution < -0.4 is 10.5 Å². The number of ether oxygens (including phenoxy) is 1. The van der Waals surface area contributed by atoms with Gasteiger partial charge in [-0.05, 0) is 30.3 Å². The molecule has 102 valence electrons. The van der Waals surface area contributed by atoms with Crippen molar-refractivity contribution in [2.45, 2.75) is 6.18 Å². The van der Waals surface area contributed by atoms with Gasteiger partial charge in [0.25, 0.3) is 0 Å². The molecule has 2 aromatic rings. The first-order valence-corrected chi connectivity index (χ1v) is 5.55. The minimum Gasteiger partial charge on any atom is -0.456 e. The smallest absolute Gasteiger partial charge is 0.416 e. The summed E-state index contributed by atoms with van der Waals surface area (Å²) in [4.78, 5) is 0. The quantitative estimate of drug-likeness (QED) is 0.846. The second-order valence-electron chi connectivity index (χ2n) is 4.00. The fourth-order valence-corrected chi connectivity index (χ4v) is 1.59. The third-order valence-corrected chi connectivity index (χ3v) is 2.51. The Morgan fingerprint density at radius 2 is 1.85 bits per heavy atom. The molecule has 0 saturated carbocycles. The Morgan fingerprint density at radius 1 is 1.10 bits per heavy atom. The van der Waals surface area contributed by atoms with Gasteiger partial charge in [0.05, 0.1) is 11.1 Å². The predicted molar refractivity (Wildman–Crippen MR) is 67.1 cm³/mol. The molecule has 20 heavy (non-hydrogen) atoms. The molecule has 0 fully saturated rings. The number of hydrogen-bond donors (Lipinski definition) is 1. The summed E-state index contributed by atoms with van der Waals surface area (Å²) in [6, 6.07) is 10.8. The van der Waals surface area contributed by atoms with Crippen molar-refractivity contribution in [3.8, 4) is 17.6 Å². The zero-order valence-electron chi connectivity index (χ0n) is 10.1. The molecule has 0 aliphatic rings. The molecule has 6 heteroatoms. The van der Waals surface area contributed by atoms with E-state index in [1.807, 2.05) is 0 Å². The zero-order valence-corrected chi connectivity index (χ0v) is 10.1. The number of rotatable bonds is 2. The topological polar surface area (TPSA) is 59.0 Å². The predicted octanol–water partition coefficient (Wildman–Crippen LogP) is 3.95. The molecule has 2 rings (SSSR count). The number of anilines is 1. The highest BCUT2D eigenvalue weighted by Crippen LogP contribution is 2.34. The fraction of sp³-hybridized carbons (Fsp3) is 0.0714. The number of benzene rings is 2. The molecule has 0 aliphatic heterocycles. The second-order valence-corrected chi connectivity index (χ2v) is 4.00. The van der Waals surface area contributed by atoms with Crippen molar-refractivity contribution in [3.63, 3.8) is 0 Å². The van der Waals surface area contributed by atoms with Crippen LogP contribution in [0, 0.1) is 11.3 Å². The Hall–Kier alpha value is -2.68. The van der Waals surface area contributed by atoms with Crippen LogP contribution in [-0.2, 0) is 6.18 Å². The lowest BCUT2D eigenvalue weighted by Gasteiger charge is -2.11. The van der Waals surface area contributed by atoms with Crippen LogP contribution in [0.1, 0.15) is 11.1 Å². The number of nitrogen functional groups attached to an aromatic ring is 1. The highest BCUT2D eigenvalue weighted by molar-refractivity contribution is 5.50. The number of hydrogen-bond acceptors (Lipinski definition) is 3. The van der Waals surface area contributed by atoms with Gasteiger partial charge in [0.15, 0.2) is 0 Å². The van der Waals surface area contributed by atoms with Gasteiger partial charge < -0.3 is 10.5 Å². The van der Waals surface area contributed by atoms with Gasteiger partial charge in [-0.25, -0.2) is 0 Å². The molecule has 0 saturated heterocycles. The first kappa shape index (κ1) is 13.7. The maximum atomic E-state index is 12.5. The van der Waals surface area contributed by atoms with E-state index in [0.29, 0.717) is 11.4 Å². The Kier molecular flexibility index (Phi) is 3.53. The minimum atomic E-state index is -4.50. The van der Waals surface area contributed by atoms with Crippen molar-refractivity contribution >= 4 is 5.69 Å². The summed E-state index contributed by atoms with van der Waals surface area (Å²) in [5.41, 5.74) is 4.94. The Labute approximate surface area is 113 Å². The zero-order chi connectivity index (χ0) is 14.8. The number of halogens is 3. The SMILES string of the molecule is N#Cc1cc(C(F)(F)F)ccc1Oc1cccc(N)c1. The summed E-state index contributed by atoms with van der Waals surface area (Å²) in [6.07, 6.45) is -4.50. The lowest BCUT2D eigenvalue weighted by molar-refractivity contribution is -0.137. The molecule has 0 aliphatic carbocycles. The largest absolute Gasteiger partial charge is 0.456 e. The summed E-state index contributed by atoms with van der Waals surface area (Å²) < 4.78 is 43.0. The average molecular weight is 278 g/mol. The van der Waals surface area contributed by atoms with E-state index in [9.17, 15) is 13.2 Å². The van der Waals surface area contributed by atoms with E-state index >= 15 is 0 Å². The van der Waals surface area contributed by atoms with Crippen molar-refractivity contribution < 1.29 is 17.9 Å². The van der Waals surface area contributed by atoms with Crippen molar-refractivity contribution in [3.05, 3.63) is 53.6 Å². The number of nitrogens with two attached hydrogens (primary N) is 1. The van der Waals surface area contributed by atoms with Crippen molar-refractivity contribution in [1.82, 2.24) is 0 Å². The molecular formula is C14H9F3N2O. The summed E-state index contributed by atoms with van der Waals surface area (Å²) in [7, 11) is 0. The second kappa shape index (κ2) is 5.13. The van der Waals surface area contributed by atoms with E-state index in [4.69, 9.17) is 15.7 Å². The van der Waals surface area contributed by atoms with Crippen LogP contribution in [0.2, 0.25) is 0 Å². The van der Waals surface area contributed by atoms with Crippen LogP contribution in [0.4, 0.5) is 18.9 Å². The minimum absolute atomic E-state index is 0.0473. The molecule has 0 aromatic heterocycles. The van der Waals surface area contributed by atoms with Gasteiger partial charge in [-0.1, -0.05) is 6.07 Å². The van der Waals surface area contributed by atoms with E-state index in [1.165, 1.54) is 6.07 Å².